The molecule has 2 rings (SSSR count). The fourth-order valence-electron chi connectivity index (χ4n) is 2.27. The number of fused-ring (bicyclic) bond motifs is 1. The molecule has 0 aliphatic rings. The molecule has 0 aliphatic heterocycles. The van der Waals surface area contributed by atoms with Crippen LogP contribution in [-0.2, 0) is 22.8 Å². The molecule has 0 spiro atoms. The van der Waals surface area contributed by atoms with Crippen LogP contribution in [0.4, 0.5) is 0 Å². The fourth-order valence-corrected chi connectivity index (χ4v) is 2.93. The van der Waals surface area contributed by atoms with Crippen LogP contribution < -0.4 is 0 Å². The fraction of sp³-hybridized carbons (Fsp3) is 0.500. The number of nitrogens with zero attached hydrogens (tertiary/aromatic N) is 2. The molecule has 0 fully saturated rings. The highest BCUT2D eigenvalue weighted by atomic mass is 32.2. The number of aryl methyl sites for hydroxylation is 2. The van der Waals surface area contributed by atoms with E-state index in [1.165, 1.54) is 6.26 Å². The number of rotatable bonds is 6. The maximum absolute atomic E-state index is 11.2. The Morgan fingerprint density at radius 2 is 2.00 bits per heavy atom. The van der Waals surface area contributed by atoms with Gasteiger partial charge in [-0.2, -0.15) is 0 Å². The molecule has 5 heteroatoms. The summed E-state index contributed by atoms with van der Waals surface area (Å²) < 4.78 is 24.6. The zero-order valence-electron chi connectivity index (χ0n) is 11.5. The van der Waals surface area contributed by atoms with Crippen molar-refractivity contribution in [2.75, 3.05) is 12.0 Å². The zero-order chi connectivity index (χ0) is 13.9. The van der Waals surface area contributed by atoms with Crippen LogP contribution >= 0.6 is 0 Å². The standard InChI is InChI=1S/C14H20N2O2S/c1-3-7-14-15-12-8-4-5-9-13(12)16(14)10-6-11-19(2,17)18/h4-5,8-9H,3,6-7,10-11H2,1-2H3. The lowest BCUT2D eigenvalue weighted by Crippen LogP contribution is -2.09. The minimum atomic E-state index is -2.89. The summed E-state index contributed by atoms with van der Waals surface area (Å²) in [6, 6.07) is 8.02. The van der Waals surface area contributed by atoms with Gasteiger partial charge in [-0.1, -0.05) is 19.1 Å². The molecule has 2 aromatic rings. The van der Waals surface area contributed by atoms with Crippen molar-refractivity contribution in [3.8, 4) is 0 Å². The third-order valence-electron chi connectivity index (χ3n) is 3.10. The Kier molecular flexibility index (Phi) is 4.24. The molecule has 0 saturated heterocycles. The molecule has 19 heavy (non-hydrogen) atoms. The van der Waals surface area contributed by atoms with Gasteiger partial charge in [0.1, 0.15) is 15.7 Å². The average Bonchev–Trinajstić information content (AvgIpc) is 2.67. The van der Waals surface area contributed by atoms with E-state index in [9.17, 15) is 8.42 Å². The van der Waals surface area contributed by atoms with Gasteiger partial charge in [0.15, 0.2) is 0 Å². The van der Waals surface area contributed by atoms with Crippen LogP contribution in [0.5, 0.6) is 0 Å². The quantitative estimate of drug-likeness (QED) is 0.816. The number of hydrogen-bond donors (Lipinski definition) is 0. The lowest BCUT2D eigenvalue weighted by molar-refractivity contribution is 0.589. The molecule has 0 unspecified atom stereocenters. The predicted octanol–water partition coefficient (Wildman–Crippen LogP) is 2.42. The highest BCUT2D eigenvalue weighted by Crippen LogP contribution is 2.17. The van der Waals surface area contributed by atoms with E-state index in [0.717, 1.165) is 29.7 Å². The summed E-state index contributed by atoms with van der Waals surface area (Å²) in [4.78, 5) is 4.63. The Bertz CT molecular complexity index is 659. The normalized spacial score (nSPS) is 12.1. The van der Waals surface area contributed by atoms with Gasteiger partial charge in [0.25, 0.3) is 0 Å². The summed E-state index contributed by atoms with van der Waals surface area (Å²) in [6.45, 7) is 2.84. The van der Waals surface area contributed by atoms with Crippen molar-refractivity contribution in [3.63, 3.8) is 0 Å². The lowest BCUT2D eigenvalue weighted by atomic mass is 10.3. The highest BCUT2D eigenvalue weighted by molar-refractivity contribution is 7.90. The van der Waals surface area contributed by atoms with E-state index in [2.05, 4.69) is 16.5 Å². The molecular weight excluding hydrogens is 260 g/mol. The molecule has 1 heterocycles. The van der Waals surface area contributed by atoms with Gasteiger partial charge in [0.05, 0.1) is 16.8 Å². The van der Waals surface area contributed by atoms with E-state index in [1.807, 2.05) is 24.3 Å². The van der Waals surface area contributed by atoms with E-state index < -0.39 is 9.84 Å². The lowest BCUT2D eigenvalue weighted by Gasteiger charge is -2.08. The van der Waals surface area contributed by atoms with Crippen LogP contribution in [-0.4, -0.2) is 30.0 Å². The molecule has 0 bridgehead atoms. The Hall–Kier alpha value is -1.36. The van der Waals surface area contributed by atoms with Crippen molar-refractivity contribution in [1.29, 1.82) is 0 Å². The third-order valence-corrected chi connectivity index (χ3v) is 4.13. The van der Waals surface area contributed by atoms with E-state index in [0.29, 0.717) is 13.0 Å². The van der Waals surface area contributed by atoms with Crippen LogP contribution in [0.15, 0.2) is 24.3 Å². The Labute approximate surface area is 114 Å². The first-order valence-corrected chi connectivity index (χ1v) is 8.69. The molecule has 0 N–H and O–H groups in total. The van der Waals surface area contributed by atoms with Crippen molar-refractivity contribution >= 4 is 20.9 Å². The topological polar surface area (TPSA) is 52.0 Å². The largest absolute Gasteiger partial charge is 0.328 e. The van der Waals surface area contributed by atoms with Crippen molar-refractivity contribution in [3.05, 3.63) is 30.1 Å². The van der Waals surface area contributed by atoms with Gasteiger partial charge < -0.3 is 4.57 Å². The first kappa shape index (κ1) is 14.1. The molecule has 0 amide bonds. The molecule has 0 saturated carbocycles. The van der Waals surface area contributed by atoms with Gasteiger partial charge in [-0.05, 0) is 25.0 Å². The van der Waals surface area contributed by atoms with E-state index >= 15 is 0 Å². The second kappa shape index (κ2) is 5.74. The van der Waals surface area contributed by atoms with Crippen LogP contribution in [0.2, 0.25) is 0 Å². The Morgan fingerprint density at radius 1 is 1.26 bits per heavy atom. The average molecular weight is 280 g/mol. The monoisotopic (exact) mass is 280 g/mol. The van der Waals surface area contributed by atoms with Crippen molar-refractivity contribution in [2.24, 2.45) is 0 Å². The summed E-state index contributed by atoms with van der Waals surface area (Å²) in [5.74, 6) is 1.28. The number of hydrogen-bond acceptors (Lipinski definition) is 3. The minimum Gasteiger partial charge on any atom is -0.328 e. The van der Waals surface area contributed by atoms with Crippen LogP contribution in [0, 0.1) is 0 Å². The summed E-state index contributed by atoms with van der Waals surface area (Å²) in [5, 5.41) is 0. The van der Waals surface area contributed by atoms with E-state index in [-0.39, 0.29) is 5.75 Å². The second-order valence-corrected chi connectivity index (χ2v) is 7.16. The summed E-state index contributed by atoms with van der Waals surface area (Å²) in [6.07, 6.45) is 3.88. The minimum absolute atomic E-state index is 0.227. The van der Waals surface area contributed by atoms with Gasteiger partial charge in [0.2, 0.25) is 0 Å². The first-order chi connectivity index (χ1) is 9.01. The second-order valence-electron chi connectivity index (χ2n) is 4.90. The molecule has 104 valence electrons. The van der Waals surface area contributed by atoms with Crippen LogP contribution in [0.3, 0.4) is 0 Å². The number of benzene rings is 1. The number of para-hydroxylation sites is 2. The Morgan fingerprint density at radius 3 is 2.68 bits per heavy atom. The maximum Gasteiger partial charge on any atom is 0.147 e. The first-order valence-electron chi connectivity index (χ1n) is 6.63. The summed E-state index contributed by atoms with van der Waals surface area (Å²) in [7, 11) is -2.89. The molecule has 4 nitrogen and oxygen atoms in total. The van der Waals surface area contributed by atoms with Crippen molar-refractivity contribution in [2.45, 2.75) is 32.7 Å². The third kappa shape index (κ3) is 3.56. The van der Waals surface area contributed by atoms with Crippen LogP contribution in [0.1, 0.15) is 25.6 Å². The van der Waals surface area contributed by atoms with Crippen LogP contribution in [0.25, 0.3) is 11.0 Å². The van der Waals surface area contributed by atoms with Gasteiger partial charge >= 0.3 is 0 Å². The van der Waals surface area contributed by atoms with Crippen molar-refractivity contribution in [1.82, 2.24) is 9.55 Å². The maximum atomic E-state index is 11.2. The molecule has 1 aromatic heterocycles. The highest BCUT2D eigenvalue weighted by Gasteiger charge is 2.10. The smallest absolute Gasteiger partial charge is 0.147 e. The van der Waals surface area contributed by atoms with Crippen molar-refractivity contribution < 1.29 is 8.42 Å². The molecule has 0 radical (unpaired) electrons. The SMILES string of the molecule is CCCc1nc2ccccc2n1CCCS(C)(=O)=O. The summed E-state index contributed by atoms with van der Waals surface area (Å²) >= 11 is 0. The molecular formula is C14H20N2O2S. The number of sulfone groups is 1. The van der Waals surface area contributed by atoms with Gasteiger partial charge in [-0.15, -0.1) is 0 Å². The van der Waals surface area contributed by atoms with Gasteiger partial charge in [0, 0.05) is 19.2 Å². The van der Waals surface area contributed by atoms with E-state index in [4.69, 9.17) is 0 Å². The number of aromatic nitrogens is 2. The summed E-state index contributed by atoms with van der Waals surface area (Å²) in [5.41, 5.74) is 2.09. The van der Waals surface area contributed by atoms with Gasteiger partial charge in [-0.25, -0.2) is 13.4 Å². The van der Waals surface area contributed by atoms with Gasteiger partial charge in [-0.3, -0.25) is 0 Å². The molecule has 0 aliphatic carbocycles. The predicted molar refractivity (Wildman–Crippen MR) is 78.1 cm³/mol. The Balaban J connectivity index is 2.26. The van der Waals surface area contributed by atoms with E-state index in [1.54, 1.807) is 0 Å². The zero-order valence-corrected chi connectivity index (χ0v) is 12.3. The molecule has 1 aromatic carbocycles. The number of imidazole rings is 1. The molecule has 0 atom stereocenters.